The molecule has 0 fully saturated rings. The van der Waals surface area contributed by atoms with Gasteiger partial charge in [0.05, 0.1) is 34.3 Å². The second kappa shape index (κ2) is 10.1. The molecular formula is C33H29N7O. The predicted molar refractivity (Wildman–Crippen MR) is 161 cm³/mol. The molecular weight excluding hydrogens is 510 g/mol. The standard InChI is InChI=1S/C33H29N7O/c1-21(31-36-27-13-11-25(19-29(27)37-31)40-17-16-34-20-40)32-38-28-12-10-24(18-30(28)39(32)2)33(41)35-15-14-23-8-5-7-22-6-3-4-9-26(22)23/h3-13,16-21H,14-15H2,1-2H3,(H,35,41)(H,36,37). The minimum atomic E-state index is -0.0890. The van der Waals surface area contributed by atoms with E-state index in [9.17, 15) is 4.79 Å². The number of aromatic nitrogens is 6. The summed E-state index contributed by atoms with van der Waals surface area (Å²) >= 11 is 0. The zero-order valence-electron chi connectivity index (χ0n) is 22.9. The number of hydrogen-bond acceptors (Lipinski definition) is 4. The number of hydrogen-bond donors (Lipinski definition) is 2. The number of aryl methyl sites for hydroxylation is 1. The van der Waals surface area contributed by atoms with E-state index in [1.165, 1.54) is 16.3 Å². The Balaban J connectivity index is 1.09. The minimum Gasteiger partial charge on any atom is -0.352 e. The summed E-state index contributed by atoms with van der Waals surface area (Å²) in [5, 5.41) is 5.53. The molecule has 1 atom stereocenters. The normalized spacial score (nSPS) is 12.3. The van der Waals surface area contributed by atoms with E-state index < -0.39 is 0 Å². The zero-order chi connectivity index (χ0) is 27.9. The molecule has 0 bridgehead atoms. The van der Waals surface area contributed by atoms with Gasteiger partial charge in [0, 0.05) is 37.2 Å². The average Bonchev–Trinajstić information content (AvgIpc) is 3.76. The monoisotopic (exact) mass is 539 g/mol. The maximum atomic E-state index is 13.1. The van der Waals surface area contributed by atoms with Crippen LogP contribution in [-0.2, 0) is 13.5 Å². The highest BCUT2D eigenvalue weighted by molar-refractivity contribution is 5.97. The smallest absolute Gasteiger partial charge is 0.251 e. The average molecular weight is 540 g/mol. The zero-order valence-corrected chi connectivity index (χ0v) is 22.9. The molecule has 3 heterocycles. The molecule has 0 radical (unpaired) electrons. The van der Waals surface area contributed by atoms with Crippen molar-refractivity contribution in [3.63, 3.8) is 0 Å². The number of nitrogens with zero attached hydrogens (tertiary/aromatic N) is 5. The number of rotatable bonds is 7. The third kappa shape index (κ3) is 4.53. The van der Waals surface area contributed by atoms with Gasteiger partial charge in [-0.25, -0.2) is 15.0 Å². The quantitative estimate of drug-likeness (QED) is 0.263. The van der Waals surface area contributed by atoms with Gasteiger partial charge < -0.3 is 19.4 Å². The van der Waals surface area contributed by atoms with Gasteiger partial charge in [0.25, 0.3) is 5.91 Å². The number of carbonyl (C=O) groups excluding carboxylic acids is 1. The summed E-state index contributed by atoms with van der Waals surface area (Å²) in [6, 6.07) is 26.5. The van der Waals surface area contributed by atoms with Crippen molar-refractivity contribution in [3.05, 3.63) is 120 Å². The summed E-state index contributed by atoms with van der Waals surface area (Å²) in [4.78, 5) is 30.5. The van der Waals surface area contributed by atoms with Crippen molar-refractivity contribution in [2.75, 3.05) is 6.54 Å². The van der Waals surface area contributed by atoms with Crippen molar-refractivity contribution < 1.29 is 4.79 Å². The van der Waals surface area contributed by atoms with Gasteiger partial charge in [-0.05, 0) is 66.1 Å². The van der Waals surface area contributed by atoms with Crippen LogP contribution >= 0.6 is 0 Å². The molecule has 7 rings (SSSR count). The van der Waals surface area contributed by atoms with Crippen LogP contribution in [0.25, 0.3) is 38.5 Å². The summed E-state index contributed by atoms with van der Waals surface area (Å²) in [6.45, 7) is 2.66. The van der Waals surface area contributed by atoms with E-state index in [1.54, 1.807) is 12.5 Å². The van der Waals surface area contributed by atoms with Crippen molar-refractivity contribution >= 4 is 38.7 Å². The fourth-order valence-electron chi connectivity index (χ4n) is 5.57. The molecule has 7 aromatic rings. The van der Waals surface area contributed by atoms with Gasteiger partial charge in [-0.15, -0.1) is 0 Å². The van der Waals surface area contributed by atoms with E-state index in [1.807, 2.05) is 60.3 Å². The fourth-order valence-corrected chi connectivity index (χ4v) is 5.57. The van der Waals surface area contributed by atoms with Gasteiger partial charge in [-0.2, -0.15) is 0 Å². The second-order valence-electron chi connectivity index (χ2n) is 10.4. The first-order valence-corrected chi connectivity index (χ1v) is 13.7. The number of fused-ring (bicyclic) bond motifs is 3. The van der Waals surface area contributed by atoms with Crippen LogP contribution in [0.2, 0.25) is 0 Å². The summed E-state index contributed by atoms with van der Waals surface area (Å²) in [5.41, 5.74) is 6.47. The van der Waals surface area contributed by atoms with Gasteiger partial charge in [-0.1, -0.05) is 42.5 Å². The maximum absolute atomic E-state index is 13.1. The van der Waals surface area contributed by atoms with Crippen LogP contribution in [0.3, 0.4) is 0 Å². The Kier molecular flexibility index (Phi) is 6.08. The van der Waals surface area contributed by atoms with Crippen molar-refractivity contribution in [2.45, 2.75) is 19.3 Å². The lowest BCUT2D eigenvalue weighted by atomic mass is 10.0. The van der Waals surface area contributed by atoms with Gasteiger partial charge in [-0.3, -0.25) is 4.79 Å². The molecule has 8 nitrogen and oxygen atoms in total. The first kappa shape index (κ1) is 24.8. The summed E-state index contributed by atoms with van der Waals surface area (Å²) in [7, 11) is 1.99. The lowest BCUT2D eigenvalue weighted by Crippen LogP contribution is -2.25. The van der Waals surface area contributed by atoms with Gasteiger partial charge in [0.1, 0.15) is 11.6 Å². The van der Waals surface area contributed by atoms with E-state index in [-0.39, 0.29) is 11.8 Å². The number of amides is 1. The van der Waals surface area contributed by atoms with Crippen molar-refractivity contribution in [1.82, 2.24) is 34.4 Å². The van der Waals surface area contributed by atoms with E-state index in [0.717, 1.165) is 45.8 Å². The highest BCUT2D eigenvalue weighted by Crippen LogP contribution is 2.28. The van der Waals surface area contributed by atoms with Gasteiger partial charge in [0.15, 0.2) is 0 Å². The Morgan fingerprint density at radius 2 is 1.85 bits per heavy atom. The third-order valence-electron chi connectivity index (χ3n) is 7.82. The molecule has 8 heteroatoms. The molecule has 1 unspecified atom stereocenters. The number of H-pyrrole nitrogens is 1. The number of imidazole rings is 3. The molecule has 3 aromatic heterocycles. The molecule has 1 amide bonds. The van der Waals surface area contributed by atoms with E-state index in [2.05, 4.69) is 63.2 Å². The van der Waals surface area contributed by atoms with Crippen LogP contribution in [0.4, 0.5) is 0 Å². The largest absolute Gasteiger partial charge is 0.352 e. The highest BCUT2D eigenvalue weighted by Gasteiger charge is 2.20. The Bertz CT molecular complexity index is 2030. The molecule has 0 aliphatic rings. The Labute approximate surface area is 236 Å². The van der Waals surface area contributed by atoms with Crippen LogP contribution in [-0.4, -0.2) is 41.5 Å². The molecule has 41 heavy (non-hydrogen) atoms. The summed E-state index contributed by atoms with van der Waals surface area (Å²) in [5.74, 6) is 1.55. The summed E-state index contributed by atoms with van der Waals surface area (Å²) < 4.78 is 4.01. The molecule has 0 saturated heterocycles. The molecule has 202 valence electrons. The van der Waals surface area contributed by atoms with Crippen LogP contribution in [0.5, 0.6) is 0 Å². The topological polar surface area (TPSA) is 93.4 Å². The maximum Gasteiger partial charge on any atom is 0.251 e. The molecule has 0 spiro atoms. The van der Waals surface area contributed by atoms with Crippen LogP contribution in [0.1, 0.15) is 40.4 Å². The molecule has 2 N–H and O–H groups in total. The van der Waals surface area contributed by atoms with E-state index in [0.29, 0.717) is 12.1 Å². The molecule has 0 saturated carbocycles. The van der Waals surface area contributed by atoms with Crippen LogP contribution in [0.15, 0.2) is 97.6 Å². The van der Waals surface area contributed by atoms with E-state index >= 15 is 0 Å². The lowest BCUT2D eigenvalue weighted by Gasteiger charge is -2.09. The summed E-state index contributed by atoms with van der Waals surface area (Å²) in [6.07, 6.45) is 6.21. The number of aromatic amines is 1. The highest BCUT2D eigenvalue weighted by atomic mass is 16.1. The van der Waals surface area contributed by atoms with E-state index in [4.69, 9.17) is 9.97 Å². The third-order valence-corrected chi connectivity index (χ3v) is 7.82. The van der Waals surface area contributed by atoms with Gasteiger partial charge >= 0.3 is 0 Å². The number of carbonyl (C=O) groups is 1. The SMILES string of the molecule is CC(c1nc2cc(-n3ccnc3)ccc2[nH]1)c1nc2ccc(C(=O)NCCc3cccc4ccccc34)cc2n1C. The van der Waals surface area contributed by atoms with Crippen LogP contribution in [0, 0.1) is 0 Å². The van der Waals surface area contributed by atoms with Crippen molar-refractivity contribution in [2.24, 2.45) is 7.05 Å². The van der Waals surface area contributed by atoms with Gasteiger partial charge in [0.2, 0.25) is 0 Å². The molecule has 0 aliphatic carbocycles. The number of benzene rings is 4. The van der Waals surface area contributed by atoms with Crippen LogP contribution < -0.4 is 5.32 Å². The van der Waals surface area contributed by atoms with Crippen molar-refractivity contribution in [1.29, 1.82) is 0 Å². The Hall–Kier alpha value is -5.24. The second-order valence-corrected chi connectivity index (χ2v) is 10.4. The predicted octanol–water partition coefficient (Wildman–Crippen LogP) is 5.91. The van der Waals surface area contributed by atoms with Crippen molar-refractivity contribution in [3.8, 4) is 5.69 Å². The first-order valence-electron chi connectivity index (χ1n) is 13.7. The molecule has 0 aliphatic heterocycles. The number of nitrogens with one attached hydrogen (secondary N) is 2. The minimum absolute atomic E-state index is 0.0746. The fraction of sp³-hybridized carbons (Fsp3) is 0.152. The Morgan fingerprint density at radius 1 is 0.976 bits per heavy atom. The molecule has 4 aromatic carbocycles. The lowest BCUT2D eigenvalue weighted by molar-refractivity contribution is 0.0954. The Morgan fingerprint density at radius 3 is 2.73 bits per heavy atom. The first-order chi connectivity index (χ1) is 20.0.